The van der Waals surface area contributed by atoms with E-state index >= 15 is 0 Å². The van der Waals surface area contributed by atoms with Crippen LogP contribution in [-0.2, 0) is 0 Å². The van der Waals surface area contributed by atoms with Gasteiger partial charge in [-0.15, -0.1) is 0 Å². The van der Waals surface area contributed by atoms with E-state index in [0.29, 0.717) is 22.1 Å². The van der Waals surface area contributed by atoms with Crippen LogP contribution in [0.4, 0.5) is 10.3 Å². The number of anilines is 1. The fraction of sp³-hybridized carbons (Fsp3) is 0.167. The van der Waals surface area contributed by atoms with Crippen LogP contribution in [0.3, 0.4) is 0 Å². The summed E-state index contributed by atoms with van der Waals surface area (Å²) in [5.74, 6) is 0.188. The third-order valence-electron chi connectivity index (χ3n) is 2.23. The summed E-state index contributed by atoms with van der Waals surface area (Å²) in [6.45, 7) is 2.69. The van der Waals surface area contributed by atoms with Gasteiger partial charge in [0.05, 0.1) is 0 Å². The number of hydrogen-bond acceptors (Lipinski definition) is 3. The van der Waals surface area contributed by atoms with Crippen LogP contribution in [0.5, 0.6) is 0 Å². The highest BCUT2D eigenvalue weighted by Crippen LogP contribution is 2.25. The molecule has 1 heterocycles. The molecular formula is C12H11ClFN3. The lowest BCUT2D eigenvalue weighted by Gasteiger charge is -2.05. The second kappa shape index (κ2) is 5.10. The fourth-order valence-electron chi connectivity index (χ4n) is 1.44. The second-order valence-corrected chi connectivity index (χ2v) is 3.89. The van der Waals surface area contributed by atoms with E-state index in [0.717, 1.165) is 6.54 Å². The molecule has 0 aliphatic carbocycles. The number of aromatic nitrogens is 2. The third-order valence-corrected chi connectivity index (χ3v) is 2.46. The molecule has 1 N–H and O–H groups in total. The summed E-state index contributed by atoms with van der Waals surface area (Å²) in [6, 6.07) is 4.40. The Kier molecular flexibility index (Phi) is 3.54. The van der Waals surface area contributed by atoms with Gasteiger partial charge in [-0.25, -0.2) is 14.4 Å². The molecule has 88 valence electrons. The van der Waals surface area contributed by atoms with Gasteiger partial charge in [0.1, 0.15) is 5.82 Å². The van der Waals surface area contributed by atoms with Crippen LogP contribution in [0, 0.1) is 5.82 Å². The van der Waals surface area contributed by atoms with Crippen molar-refractivity contribution in [3.05, 3.63) is 41.4 Å². The van der Waals surface area contributed by atoms with Gasteiger partial charge in [0.15, 0.2) is 0 Å². The van der Waals surface area contributed by atoms with E-state index < -0.39 is 0 Å². The lowest BCUT2D eigenvalue weighted by Crippen LogP contribution is -2.01. The predicted molar refractivity (Wildman–Crippen MR) is 66.6 cm³/mol. The molecule has 2 rings (SSSR count). The van der Waals surface area contributed by atoms with E-state index in [1.54, 1.807) is 18.5 Å². The largest absolute Gasteiger partial charge is 0.355 e. The molecule has 0 aliphatic heterocycles. The molecule has 0 bridgehead atoms. The van der Waals surface area contributed by atoms with Crippen LogP contribution in [0.15, 0.2) is 30.6 Å². The Morgan fingerprint density at radius 1 is 1.29 bits per heavy atom. The minimum Gasteiger partial charge on any atom is -0.355 e. The first-order valence-electron chi connectivity index (χ1n) is 5.22. The van der Waals surface area contributed by atoms with Gasteiger partial charge in [-0.3, -0.25) is 0 Å². The molecule has 2 aromatic rings. The van der Waals surface area contributed by atoms with Crippen molar-refractivity contribution in [3.8, 4) is 11.1 Å². The molecule has 3 nitrogen and oxygen atoms in total. The third kappa shape index (κ3) is 2.71. The molecular weight excluding hydrogens is 241 g/mol. The summed E-state index contributed by atoms with van der Waals surface area (Å²) in [4.78, 5) is 8.17. The van der Waals surface area contributed by atoms with E-state index in [4.69, 9.17) is 11.6 Å². The summed E-state index contributed by atoms with van der Waals surface area (Å²) in [6.07, 6.45) is 3.14. The fourth-order valence-corrected chi connectivity index (χ4v) is 1.61. The molecule has 0 saturated carbocycles. The normalized spacial score (nSPS) is 10.3. The first-order chi connectivity index (χ1) is 8.20. The molecule has 5 heteroatoms. The Bertz CT molecular complexity index is 514. The molecule has 0 unspecified atom stereocenters. The quantitative estimate of drug-likeness (QED) is 0.909. The van der Waals surface area contributed by atoms with Gasteiger partial charge in [0, 0.05) is 35.1 Å². The summed E-state index contributed by atoms with van der Waals surface area (Å²) >= 11 is 5.83. The molecule has 1 aromatic carbocycles. The minimum atomic E-state index is -0.339. The van der Waals surface area contributed by atoms with Crippen LogP contribution >= 0.6 is 11.6 Å². The summed E-state index contributed by atoms with van der Waals surface area (Å²) < 4.78 is 13.6. The summed E-state index contributed by atoms with van der Waals surface area (Å²) in [7, 11) is 0. The van der Waals surface area contributed by atoms with Gasteiger partial charge in [-0.1, -0.05) is 11.6 Å². The molecule has 1 aromatic heterocycles. The van der Waals surface area contributed by atoms with E-state index in [-0.39, 0.29) is 5.82 Å². The zero-order valence-electron chi connectivity index (χ0n) is 9.24. The average Bonchev–Trinajstić information content (AvgIpc) is 2.34. The number of nitrogens with one attached hydrogen (secondary N) is 1. The van der Waals surface area contributed by atoms with Crippen molar-refractivity contribution in [1.82, 2.24) is 9.97 Å². The van der Waals surface area contributed by atoms with Crippen molar-refractivity contribution in [2.75, 3.05) is 11.9 Å². The SMILES string of the molecule is CCNc1ncc(-c2cc(Cl)ccc2F)cn1. The Balaban J connectivity index is 2.36. The topological polar surface area (TPSA) is 37.8 Å². The molecule has 0 fully saturated rings. The maximum absolute atomic E-state index is 13.6. The van der Waals surface area contributed by atoms with Crippen molar-refractivity contribution in [2.24, 2.45) is 0 Å². The summed E-state index contributed by atoms with van der Waals surface area (Å²) in [5, 5.41) is 3.45. The van der Waals surface area contributed by atoms with Crippen molar-refractivity contribution in [2.45, 2.75) is 6.92 Å². The van der Waals surface area contributed by atoms with Gasteiger partial charge in [-0.2, -0.15) is 0 Å². The van der Waals surface area contributed by atoms with E-state index in [1.807, 2.05) is 6.92 Å². The van der Waals surface area contributed by atoms with E-state index in [9.17, 15) is 4.39 Å². The van der Waals surface area contributed by atoms with Gasteiger partial charge in [0.2, 0.25) is 5.95 Å². The van der Waals surface area contributed by atoms with Crippen molar-refractivity contribution >= 4 is 17.5 Å². The number of halogens is 2. The van der Waals surface area contributed by atoms with Crippen LogP contribution in [0.25, 0.3) is 11.1 Å². The standard InChI is InChI=1S/C12H11ClFN3/c1-2-15-12-16-6-8(7-17-12)10-5-9(13)3-4-11(10)14/h3-7H,2H2,1H3,(H,15,16,17). The Morgan fingerprint density at radius 2 is 2.00 bits per heavy atom. The first kappa shape index (κ1) is 11.8. The Labute approximate surface area is 104 Å². The molecule has 0 radical (unpaired) electrons. The Hall–Kier alpha value is -1.68. The maximum Gasteiger partial charge on any atom is 0.222 e. The molecule has 17 heavy (non-hydrogen) atoms. The molecule has 0 amide bonds. The lowest BCUT2D eigenvalue weighted by atomic mass is 10.1. The monoisotopic (exact) mass is 251 g/mol. The number of hydrogen-bond donors (Lipinski definition) is 1. The molecule has 0 saturated heterocycles. The average molecular weight is 252 g/mol. The van der Waals surface area contributed by atoms with Crippen molar-refractivity contribution in [3.63, 3.8) is 0 Å². The highest BCUT2D eigenvalue weighted by molar-refractivity contribution is 6.30. The zero-order valence-corrected chi connectivity index (χ0v) is 10.0. The van der Waals surface area contributed by atoms with Gasteiger partial charge in [0.25, 0.3) is 0 Å². The molecule has 0 spiro atoms. The minimum absolute atomic E-state index is 0.339. The summed E-state index contributed by atoms with van der Waals surface area (Å²) in [5.41, 5.74) is 1.01. The second-order valence-electron chi connectivity index (χ2n) is 3.45. The lowest BCUT2D eigenvalue weighted by molar-refractivity contribution is 0.631. The predicted octanol–water partition coefficient (Wildman–Crippen LogP) is 3.37. The van der Waals surface area contributed by atoms with Crippen LogP contribution in [0.1, 0.15) is 6.92 Å². The molecule has 0 aliphatic rings. The van der Waals surface area contributed by atoms with Crippen molar-refractivity contribution in [1.29, 1.82) is 0 Å². The number of rotatable bonds is 3. The van der Waals surface area contributed by atoms with Gasteiger partial charge < -0.3 is 5.32 Å². The number of benzene rings is 1. The van der Waals surface area contributed by atoms with Crippen LogP contribution in [-0.4, -0.2) is 16.5 Å². The number of nitrogens with zero attached hydrogens (tertiary/aromatic N) is 2. The maximum atomic E-state index is 13.6. The smallest absolute Gasteiger partial charge is 0.222 e. The zero-order chi connectivity index (χ0) is 12.3. The van der Waals surface area contributed by atoms with Crippen LogP contribution in [0.2, 0.25) is 5.02 Å². The molecule has 0 atom stereocenters. The van der Waals surface area contributed by atoms with E-state index in [2.05, 4.69) is 15.3 Å². The van der Waals surface area contributed by atoms with Gasteiger partial charge in [-0.05, 0) is 25.1 Å². The van der Waals surface area contributed by atoms with Crippen molar-refractivity contribution < 1.29 is 4.39 Å². The highest BCUT2D eigenvalue weighted by Gasteiger charge is 2.06. The highest BCUT2D eigenvalue weighted by atomic mass is 35.5. The first-order valence-corrected chi connectivity index (χ1v) is 5.60. The van der Waals surface area contributed by atoms with Gasteiger partial charge >= 0.3 is 0 Å². The van der Waals surface area contributed by atoms with Crippen LogP contribution < -0.4 is 5.32 Å². The Morgan fingerprint density at radius 3 is 2.65 bits per heavy atom. The van der Waals surface area contributed by atoms with E-state index in [1.165, 1.54) is 12.1 Å².